The molecule has 4 heteroatoms. The number of fused-ring (bicyclic) bond motifs is 1. The van der Waals surface area contributed by atoms with Crippen molar-refractivity contribution in [3.8, 4) is 5.75 Å². The number of pyridine rings is 1. The average molecular weight is 254 g/mol. The van der Waals surface area contributed by atoms with Crippen molar-refractivity contribution in [1.29, 1.82) is 0 Å². The topological polar surface area (TPSA) is 22.1 Å². The highest BCUT2D eigenvalue weighted by Crippen LogP contribution is 2.31. The second-order valence-corrected chi connectivity index (χ2v) is 4.67. The SMILES string of the molecule is COc1cccc2c(SCCCl)nccc12. The summed E-state index contributed by atoms with van der Waals surface area (Å²) in [7, 11) is 1.68. The summed E-state index contributed by atoms with van der Waals surface area (Å²) >= 11 is 7.36. The van der Waals surface area contributed by atoms with Crippen LogP contribution in [0.5, 0.6) is 5.75 Å². The molecular weight excluding hydrogens is 242 g/mol. The predicted molar refractivity (Wildman–Crippen MR) is 69.7 cm³/mol. The first-order valence-corrected chi connectivity index (χ1v) is 6.49. The lowest BCUT2D eigenvalue weighted by molar-refractivity contribution is 0.419. The van der Waals surface area contributed by atoms with Gasteiger partial charge in [0, 0.05) is 28.6 Å². The average Bonchev–Trinajstić information content (AvgIpc) is 2.35. The number of rotatable bonds is 4. The molecular formula is C12H12ClNOS. The van der Waals surface area contributed by atoms with Crippen LogP contribution in [0.1, 0.15) is 0 Å². The van der Waals surface area contributed by atoms with E-state index in [1.807, 2.05) is 18.2 Å². The molecule has 0 aliphatic carbocycles. The first-order valence-electron chi connectivity index (χ1n) is 4.97. The van der Waals surface area contributed by atoms with Gasteiger partial charge in [0.1, 0.15) is 10.8 Å². The van der Waals surface area contributed by atoms with Gasteiger partial charge in [-0.15, -0.1) is 23.4 Å². The molecule has 0 radical (unpaired) electrons. The first kappa shape index (κ1) is 11.6. The Morgan fingerprint density at radius 1 is 1.31 bits per heavy atom. The van der Waals surface area contributed by atoms with E-state index in [0.717, 1.165) is 27.3 Å². The van der Waals surface area contributed by atoms with Crippen molar-refractivity contribution in [2.45, 2.75) is 5.03 Å². The second kappa shape index (κ2) is 5.41. The molecule has 0 fully saturated rings. The zero-order valence-corrected chi connectivity index (χ0v) is 10.5. The van der Waals surface area contributed by atoms with Gasteiger partial charge in [-0.2, -0.15) is 0 Å². The van der Waals surface area contributed by atoms with Gasteiger partial charge in [0.15, 0.2) is 0 Å². The summed E-state index contributed by atoms with van der Waals surface area (Å²) in [4.78, 5) is 4.37. The largest absolute Gasteiger partial charge is 0.496 e. The third-order valence-corrected chi connectivity index (χ3v) is 3.69. The lowest BCUT2D eigenvalue weighted by Crippen LogP contribution is -1.89. The number of halogens is 1. The molecule has 1 aromatic carbocycles. The number of thioether (sulfide) groups is 1. The highest BCUT2D eigenvalue weighted by Gasteiger charge is 2.06. The smallest absolute Gasteiger partial charge is 0.126 e. The Morgan fingerprint density at radius 3 is 2.94 bits per heavy atom. The van der Waals surface area contributed by atoms with Gasteiger partial charge in [0.25, 0.3) is 0 Å². The number of nitrogens with zero attached hydrogens (tertiary/aromatic N) is 1. The Morgan fingerprint density at radius 2 is 2.19 bits per heavy atom. The van der Waals surface area contributed by atoms with Crippen LogP contribution < -0.4 is 4.74 Å². The van der Waals surface area contributed by atoms with E-state index >= 15 is 0 Å². The molecule has 16 heavy (non-hydrogen) atoms. The monoisotopic (exact) mass is 253 g/mol. The summed E-state index contributed by atoms with van der Waals surface area (Å²) in [5.74, 6) is 2.38. The molecule has 0 saturated heterocycles. The minimum atomic E-state index is 0.632. The van der Waals surface area contributed by atoms with Gasteiger partial charge in [0.05, 0.1) is 7.11 Å². The van der Waals surface area contributed by atoms with Crippen LogP contribution in [0.25, 0.3) is 10.8 Å². The van der Waals surface area contributed by atoms with Gasteiger partial charge in [-0.1, -0.05) is 12.1 Å². The van der Waals surface area contributed by atoms with Gasteiger partial charge < -0.3 is 4.74 Å². The number of ether oxygens (including phenoxy) is 1. The van der Waals surface area contributed by atoms with Crippen LogP contribution in [0.15, 0.2) is 35.5 Å². The molecule has 0 saturated carbocycles. The van der Waals surface area contributed by atoms with Crippen LogP contribution in [0.4, 0.5) is 0 Å². The molecule has 2 nitrogen and oxygen atoms in total. The Balaban J connectivity index is 2.51. The summed E-state index contributed by atoms with van der Waals surface area (Å²) in [6.07, 6.45) is 1.81. The first-order chi connectivity index (χ1) is 7.86. The molecule has 0 amide bonds. The summed E-state index contributed by atoms with van der Waals surface area (Å²) < 4.78 is 5.32. The zero-order valence-electron chi connectivity index (χ0n) is 8.94. The van der Waals surface area contributed by atoms with Gasteiger partial charge in [0.2, 0.25) is 0 Å². The fraction of sp³-hybridized carbons (Fsp3) is 0.250. The maximum atomic E-state index is 5.69. The summed E-state index contributed by atoms with van der Waals surface area (Å²) in [5, 5.41) is 3.23. The van der Waals surface area contributed by atoms with Crippen LogP contribution in [-0.4, -0.2) is 23.7 Å². The highest BCUT2D eigenvalue weighted by molar-refractivity contribution is 7.99. The van der Waals surface area contributed by atoms with Crippen LogP contribution in [0, 0.1) is 0 Å². The van der Waals surface area contributed by atoms with Crippen LogP contribution in [0.3, 0.4) is 0 Å². The van der Waals surface area contributed by atoms with E-state index < -0.39 is 0 Å². The fourth-order valence-corrected chi connectivity index (χ4v) is 2.55. The fourth-order valence-electron chi connectivity index (χ4n) is 1.58. The second-order valence-electron chi connectivity index (χ2n) is 3.21. The van der Waals surface area contributed by atoms with Crippen molar-refractivity contribution in [2.75, 3.05) is 18.7 Å². The minimum absolute atomic E-state index is 0.632. The molecule has 2 aromatic rings. The predicted octanol–water partition coefficient (Wildman–Crippen LogP) is 3.57. The summed E-state index contributed by atoms with van der Waals surface area (Å²) in [6, 6.07) is 7.96. The molecule has 0 atom stereocenters. The number of alkyl halides is 1. The lowest BCUT2D eigenvalue weighted by Gasteiger charge is -2.07. The molecule has 0 N–H and O–H groups in total. The van der Waals surface area contributed by atoms with E-state index in [1.54, 1.807) is 25.1 Å². The Bertz CT molecular complexity index is 489. The van der Waals surface area contributed by atoms with Crippen LogP contribution >= 0.6 is 23.4 Å². The third kappa shape index (κ3) is 2.25. The maximum Gasteiger partial charge on any atom is 0.126 e. The third-order valence-electron chi connectivity index (χ3n) is 2.27. The lowest BCUT2D eigenvalue weighted by atomic mass is 10.1. The van der Waals surface area contributed by atoms with Crippen molar-refractivity contribution < 1.29 is 4.74 Å². The molecule has 1 heterocycles. The molecule has 1 aromatic heterocycles. The van der Waals surface area contributed by atoms with Crippen molar-refractivity contribution in [3.05, 3.63) is 30.5 Å². The van der Waals surface area contributed by atoms with Crippen LogP contribution in [0.2, 0.25) is 0 Å². The quantitative estimate of drug-likeness (QED) is 0.614. The molecule has 0 aliphatic rings. The normalized spacial score (nSPS) is 10.6. The summed E-state index contributed by atoms with van der Waals surface area (Å²) in [6.45, 7) is 0. The number of aromatic nitrogens is 1. The standard InChI is InChI=1S/C12H12ClNOS/c1-15-11-4-2-3-10-9(11)5-7-14-12(10)16-8-6-13/h2-5,7H,6,8H2,1H3. The maximum absolute atomic E-state index is 5.69. The van der Waals surface area contributed by atoms with Gasteiger partial charge in [-0.3, -0.25) is 0 Å². The number of hydrogen-bond donors (Lipinski definition) is 0. The van der Waals surface area contributed by atoms with Crippen molar-refractivity contribution >= 4 is 34.1 Å². The van der Waals surface area contributed by atoms with Crippen molar-refractivity contribution in [3.63, 3.8) is 0 Å². The number of benzene rings is 1. The molecule has 2 rings (SSSR count). The Hall–Kier alpha value is -0.930. The van der Waals surface area contributed by atoms with Crippen LogP contribution in [-0.2, 0) is 0 Å². The number of methoxy groups -OCH3 is 1. The van der Waals surface area contributed by atoms with Gasteiger partial charge >= 0.3 is 0 Å². The number of hydrogen-bond acceptors (Lipinski definition) is 3. The zero-order chi connectivity index (χ0) is 11.4. The Kier molecular flexibility index (Phi) is 3.91. The van der Waals surface area contributed by atoms with Gasteiger partial charge in [-0.25, -0.2) is 4.98 Å². The minimum Gasteiger partial charge on any atom is -0.496 e. The van der Waals surface area contributed by atoms with Crippen molar-refractivity contribution in [1.82, 2.24) is 4.98 Å². The van der Waals surface area contributed by atoms with E-state index in [4.69, 9.17) is 16.3 Å². The highest BCUT2D eigenvalue weighted by atomic mass is 35.5. The van der Waals surface area contributed by atoms with E-state index in [9.17, 15) is 0 Å². The van der Waals surface area contributed by atoms with E-state index in [-0.39, 0.29) is 0 Å². The van der Waals surface area contributed by atoms with E-state index in [0.29, 0.717) is 5.88 Å². The molecule has 0 aliphatic heterocycles. The molecule has 0 bridgehead atoms. The van der Waals surface area contributed by atoms with E-state index in [1.165, 1.54) is 0 Å². The molecule has 84 valence electrons. The van der Waals surface area contributed by atoms with Crippen molar-refractivity contribution in [2.24, 2.45) is 0 Å². The Labute approximate surface area is 104 Å². The molecule has 0 unspecified atom stereocenters. The van der Waals surface area contributed by atoms with Gasteiger partial charge in [-0.05, 0) is 12.1 Å². The molecule has 0 spiro atoms. The summed E-state index contributed by atoms with van der Waals surface area (Å²) in [5.41, 5.74) is 0. The van der Waals surface area contributed by atoms with E-state index in [2.05, 4.69) is 11.1 Å².